The number of benzene rings is 3. The van der Waals surface area contributed by atoms with Gasteiger partial charge in [-0.05, 0) is 18.2 Å². The fourth-order valence-electron chi connectivity index (χ4n) is 4.44. The van der Waals surface area contributed by atoms with E-state index in [0.29, 0.717) is 0 Å². The zero-order chi connectivity index (χ0) is 17.3. The van der Waals surface area contributed by atoms with E-state index in [0.717, 1.165) is 44.7 Å². The molecule has 1 aromatic heterocycles. The van der Waals surface area contributed by atoms with Crippen molar-refractivity contribution in [2.75, 3.05) is 10.6 Å². The van der Waals surface area contributed by atoms with Crippen molar-refractivity contribution in [2.45, 2.75) is 5.54 Å². The Hall–Kier alpha value is -3.53. The Morgan fingerprint density at radius 2 is 1.50 bits per heavy atom. The molecule has 26 heavy (non-hydrogen) atoms. The van der Waals surface area contributed by atoms with E-state index in [1.165, 1.54) is 0 Å². The molecule has 4 nitrogen and oxygen atoms in total. The molecular weight excluding hydrogens is 322 g/mol. The molecule has 0 aliphatic carbocycles. The maximum absolute atomic E-state index is 13.3. The van der Waals surface area contributed by atoms with E-state index >= 15 is 0 Å². The predicted octanol–water partition coefficient (Wildman–Crippen LogP) is 4.46. The molecular formula is C22H15N3O. The van der Waals surface area contributed by atoms with Crippen LogP contribution in [0.25, 0.3) is 22.2 Å². The van der Waals surface area contributed by atoms with Crippen LogP contribution in [0.2, 0.25) is 0 Å². The molecule has 1 spiro atoms. The standard InChI is InChI=1S/C22H15N3O/c26-21-22(15-9-3-6-12-18(15)24-21)19-13-7-1-4-10-16(13)23-20(19)14-8-2-5-11-17(14)25-22/h1-12,23,25H,(H,24,26)/t22-/m0/s1. The van der Waals surface area contributed by atoms with Gasteiger partial charge in [0.25, 0.3) is 5.91 Å². The summed E-state index contributed by atoms with van der Waals surface area (Å²) in [5, 5.41) is 7.72. The van der Waals surface area contributed by atoms with Gasteiger partial charge in [-0.25, -0.2) is 0 Å². The molecule has 4 aromatic rings. The zero-order valence-electron chi connectivity index (χ0n) is 13.8. The van der Waals surface area contributed by atoms with Crippen molar-refractivity contribution in [3.05, 3.63) is 83.9 Å². The molecule has 124 valence electrons. The minimum absolute atomic E-state index is 0.0424. The molecule has 0 unspecified atom stereocenters. The zero-order valence-corrected chi connectivity index (χ0v) is 13.8. The van der Waals surface area contributed by atoms with Gasteiger partial charge in [-0.2, -0.15) is 0 Å². The van der Waals surface area contributed by atoms with E-state index in [4.69, 9.17) is 0 Å². The third-order valence-corrected chi connectivity index (χ3v) is 5.52. The number of rotatable bonds is 0. The maximum Gasteiger partial charge on any atom is 0.259 e. The Labute approximate surface area is 149 Å². The largest absolute Gasteiger partial charge is 0.363 e. The fraction of sp³-hybridized carbons (Fsp3) is 0.0455. The number of carbonyl (C=O) groups is 1. The molecule has 0 radical (unpaired) electrons. The second kappa shape index (κ2) is 4.55. The van der Waals surface area contributed by atoms with Gasteiger partial charge in [0.15, 0.2) is 5.54 Å². The highest BCUT2D eigenvalue weighted by molar-refractivity contribution is 6.16. The van der Waals surface area contributed by atoms with Crippen LogP contribution in [0.3, 0.4) is 0 Å². The molecule has 0 fully saturated rings. The molecule has 2 aliphatic rings. The number of nitrogens with one attached hydrogen (secondary N) is 3. The lowest BCUT2D eigenvalue weighted by atomic mass is 9.78. The van der Waals surface area contributed by atoms with Crippen molar-refractivity contribution >= 4 is 28.2 Å². The number of hydrogen-bond donors (Lipinski definition) is 3. The highest BCUT2D eigenvalue weighted by atomic mass is 16.2. The summed E-state index contributed by atoms with van der Waals surface area (Å²) in [5.41, 5.74) is 5.97. The summed E-state index contributed by atoms with van der Waals surface area (Å²) < 4.78 is 0. The topological polar surface area (TPSA) is 56.9 Å². The van der Waals surface area contributed by atoms with Gasteiger partial charge in [-0.15, -0.1) is 0 Å². The molecule has 3 N–H and O–H groups in total. The summed E-state index contributed by atoms with van der Waals surface area (Å²) in [5.74, 6) is -0.0424. The second-order valence-electron chi connectivity index (χ2n) is 6.84. The number of para-hydroxylation sites is 3. The lowest BCUT2D eigenvalue weighted by Gasteiger charge is -2.35. The quantitative estimate of drug-likeness (QED) is 0.444. The first-order chi connectivity index (χ1) is 12.8. The number of carbonyl (C=O) groups excluding carboxylic acids is 1. The van der Waals surface area contributed by atoms with E-state index in [9.17, 15) is 4.79 Å². The number of aromatic amines is 1. The minimum Gasteiger partial charge on any atom is -0.363 e. The lowest BCUT2D eigenvalue weighted by Crippen LogP contribution is -2.45. The molecule has 3 aromatic carbocycles. The number of fused-ring (bicyclic) bond motifs is 8. The summed E-state index contributed by atoms with van der Waals surface area (Å²) in [4.78, 5) is 16.9. The molecule has 0 saturated heterocycles. The van der Waals surface area contributed by atoms with Gasteiger partial charge >= 0.3 is 0 Å². The van der Waals surface area contributed by atoms with Crippen LogP contribution in [0.15, 0.2) is 72.8 Å². The third kappa shape index (κ3) is 1.48. The summed E-state index contributed by atoms with van der Waals surface area (Å²) in [6.45, 7) is 0. The molecule has 0 saturated carbocycles. The summed E-state index contributed by atoms with van der Waals surface area (Å²) in [7, 11) is 0. The lowest BCUT2D eigenvalue weighted by molar-refractivity contribution is -0.118. The number of aromatic nitrogens is 1. The summed E-state index contributed by atoms with van der Waals surface area (Å²) >= 11 is 0. The first kappa shape index (κ1) is 13.7. The van der Waals surface area contributed by atoms with Gasteiger partial charge in [0, 0.05) is 39.0 Å². The third-order valence-electron chi connectivity index (χ3n) is 5.52. The maximum atomic E-state index is 13.3. The normalized spacial score (nSPS) is 19.6. The van der Waals surface area contributed by atoms with Crippen LogP contribution >= 0.6 is 0 Å². The number of amides is 1. The monoisotopic (exact) mass is 337 g/mol. The van der Waals surface area contributed by atoms with Crippen LogP contribution in [0.4, 0.5) is 11.4 Å². The van der Waals surface area contributed by atoms with Crippen molar-refractivity contribution in [1.82, 2.24) is 4.98 Å². The first-order valence-corrected chi connectivity index (χ1v) is 8.69. The van der Waals surface area contributed by atoms with E-state index in [1.807, 2.05) is 54.6 Å². The SMILES string of the molecule is O=C1Nc2ccccc2[C@@]12Nc1ccccc1-c1[nH]c3ccccc3c12. The van der Waals surface area contributed by atoms with Gasteiger partial charge in [-0.3, -0.25) is 4.79 Å². The molecule has 4 heteroatoms. The highest BCUT2D eigenvalue weighted by Gasteiger charge is 2.53. The van der Waals surface area contributed by atoms with E-state index in [1.54, 1.807) is 0 Å². The Balaban J connectivity index is 1.81. The first-order valence-electron chi connectivity index (χ1n) is 8.69. The predicted molar refractivity (Wildman–Crippen MR) is 103 cm³/mol. The van der Waals surface area contributed by atoms with Crippen molar-refractivity contribution < 1.29 is 4.79 Å². The van der Waals surface area contributed by atoms with Crippen molar-refractivity contribution in [1.29, 1.82) is 0 Å². The Morgan fingerprint density at radius 1 is 0.769 bits per heavy atom. The smallest absolute Gasteiger partial charge is 0.259 e. The van der Waals surface area contributed by atoms with Crippen LogP contribution in [-0.4, -0.2) is 10.9 Å². The molecule has 3 heterocycles. The molecule has 1 atom stereocenters. The Bertz CT molecular complexity index is 1220. The van der Waals surface area contributed by atoms with Gasteiger partial charge in [0.05, 0.1) is 5.69 Å². The van der Waals surface area contributed by atoms with Gasteiger partial charge in [0.1, 0.15) is 0 Å². The van der Waals surface area contributed by atoms with Gasteiger partial charge in [-0.1, -0.05) is 54.6 Å². The second-order valence-corrected chi connectivity index (χ2v) is 6.84. The minimum atomic E-state index is -0.931. The Kier molecular flexibility index (Phi) is 2.40. The number of anilines is 2. The van der Waals surface area contributed by atoms with Gasteiger partial charge in [0.2, 0.25) is 0 Å². The van der Waals surface area contributed by atoms with E-state index < -0.39 is 5.54 Å². The van der Waals surface area contributed by atoms with Crippen LogP contribution < -0.4 is 10.6 Å². The van der Waals surface area contributed by atoms with E-state index in [-0.39, 0.29) is 5.91 Å². The number of H-pyrrole nitrogens is 1. The van der Waals surface area contributed by atoms with Crippen LogP contribution in [-0.2, 0) is 10.3 Å². The number of hydrogen-bond acceptors (Lipinski definition) is 2. The van der Waals surface area contributed by atoms with Gasteiger partial charge < -0.3 is 15.6 Å². The van der Waals surface area contributed by atoms with Crippen LogP contribution in [0.1, 0.15) is 11.1 Å². The van der Waals surface area contributed by atoms with Crippen LogP contribution in [0.5, 0.6) is 0 Å². The summed E-state index contributed by atoms with van der Waals surface area (Å²) in [6, 6.07) is 24.2. The van der Waals surface area contributed by atoms with E-state index in [2.05, 4.69) is 33.8 Å². The molecule has 2 aliphatic heterocycles. The molecule has 6 rings (SSSR count). The Morgan fingerprint density at radius 3 is 2.42 bits per heavy atom. The van der Waals surface area contributed by atoms with Crippen molar-refractivity contribution in [3.8, 4) is 11.3 Å². The highest BCUT2D eigenvalue weighted by Crippen LogP contribution is 2.53. The molecule has 0 bridgehead atoms. The van der Waals surface area contributed by atoms with Crippen molar-refractivity contribution in [2.24, 2.45) is 0 Å². The van der Waals surface area contributed by atoms with Crippen LogP contribution in [0, 0.1) is 0 Å². The average molecular weight is 337 g/mol. The summed E-state index contributed by atoms with van der Waals surface area (Å²) in [6.07, 6.45) is 0. The van der Waals surface area contributed by atoms with Crippen molar-refractivity contribution in [3.63, 3.8) is 0 Å². The average Bonchev–Trinajstić information content (AvgIpc) is 3.19. The molecule has 1 amide bonds. The fourth-order valence-corrected chi connectivity index (χ4v) is 4.44.